The SMILES string of the molecule is CC1Oc2ccc(CC(=O)NCCCc3ccccc3)cc2NC1=O. The van der Waals surface area contributed by atoms with E-state index in [1.807, 2.05) is 24.3 Å². The van der Waals surface area contributed by atoms with Gasteiger partial charge in [0.25, 0.3) is 5.91 Å². The quantitative estimate of drug-likeness (QED) is 0.796. The summed E-state index contributed by atoms with van der Waals surface area (Å²) in [6.45, 7) is 2.35. The minimum atomic E-state index is -0.494. The number of fused-ring (bicyclic) bond motifs is 1. The van der Waals surface area contributed by atoms with Crippen molar-refractivity contribution in [3.8, 4) is 5.75 Å². The molecule has 0 radical (unpaired) electrons. The number of amides is 2. The van der Waals surface area contributed by atoms with E-state index in [0.29, 0.717) is 18.0 Å². The Morgan fingerprint density at radius 3 is 2.76 bits per heavy atom. The minimum absolute atomic E-state index is 0.0237. The fourth-order valence-corrected chi connectivity index (χ4v) is 2.78. The van der Waals surface area contributed by atoms with E-state index in [9.17, 15) is 9.59 Å². The van der Waals surface area contributed by atoms with Crippen LogP contribution in [0.15, 0.2) is 48.5 Å². The lowest BCUT2D eigenvalue weighted by molar-refractivity contribution is -0.122. The maximum absolute atomic E-state index is 12.1. The Kier molecular flexibility index (Phi) is 5.33. The number of hydrogen-bond acceptors (Lipinski definition) is 3. The molecule has 2 aromatic carbocycles. The van der Waals surface area contributed by atoms with Gasteiger partial charge in [-0.2, -0.15) is 0 Å². The van der Waals surface area contributed by atoms with Gasteiger partial charge in [-0.05, 0) is 43.0 Å². The van der Waals surface area contributed by atoms with E-state index in [1.54, 1.807) is 19.1 Å². The van der Waals surface area contributed by atoms with Crippen molar-refractivity contribution in [3.05, 3.63) is 59.7 Å². The predicted octanol–water partition coefficient (Wildman–Crippen LogP) is 2.70. The second-order valence-corrected chi connectivity index (χ2v) is 6.20. The van der Waals surface area contributed by atoms with Crippen molar-refractivity contribution in [2.75, 3.05) is 11.9 Å². The van der Waals surface area contributed by atoms with Crippen LogP contribution in [0.3, 0.4) is 0 Å². The first-order valence-electron chi connectivity index (χ1n) is 8.53. The lowest BCUT2D eigenvalue weighted by Crippen LogP contribution is -2.34. The van der Waals surface area contributed by atoms with Crippen LogP contribution in [0.5, 0.6) is 5.75 Å². The third kappa shape index (κ3) is 4.59. The van der Waals surface area contributed by atoms with Crippen LogP contribution < -0.4 is 15.4 Å². The minimum Gasteiger partial charge on any atom is -0.479 e. The summed E-state index contributed by atoms with van der Waals surface area (Å²) in [6.07, 6.45) is 1.64. The molecule has 2 aromatic rings. The second-order valence-electron chi connectivity index (χ2n) is 6.20. The molecule has 0 spiro atoms. The summed E-state index contributed by atoms with van der Waals surface area (Å²) in [5, 5.41) is 5.74. The zero-order chi connectivity index (χ0) is 17.6. The number of anilines is 1. The molecule has 0 saturated carbocycles. The Morgan fingerprint density at radius 1 is 1.16 bits per heavy atom. The predicted molar refractivity (Wildman–Crippen MR) is 96.6 cm³/mol. The van der Waals surface area contributed by atoms with Crippen molar-refractivity contribution in [3.63, 3.8) is 0 Å². The number of benzene rings is 2. The Hall–Kier alpha value is -2.82. The summed E-state index contributed by atoms with van der Waals surface area (Å²) in [4.78, 5) is 23.7. The zero-order valence-electron chi connectivity index (χ0n) is 14.2. The summed E-state index contributed by atoms with van der Waals surface area (Å²) < 4.78 is 5.51. The molecule has 0 aliphatic carbocycles. The number of rotatable bonds is 6. The number of nitrogens with one attached hydrogen (secondary N) is 2. The van der Waals surface area contributed by atoms with E-state index in [1.165, 1.54) is 5.56 Å². The van der Waals surface area contributed by atoms with E-state index in [2.05, 4.69) is 22.8 Å². The number of ether oxygens (including phenoxy) is 1. The van der Waals surface area contributed by atoms with Gasteiger partial charge in [0.15, 0.2) is 6.10 Å². The Morgan fingerprint density at radius 2 is 1.96 bits per heavy atom. The summed E-state index contributed by atoms with van der Waals surface area (Å²) in [6, 6.07) is 15.7. The van der Waals surface area contributed by atoms with Gasteiger partial charge in [-0.25, -0.2) is 0 Å². The fraction of sp³-hybridized carbons (Fsp3) is 0.300. The van der Waals surface area contributed by atoms with Gasteiger partial charge >= 0.3 is 0 Å². The molecule has 3 rings (SSSR count). The third-order valence-electron chi connectivity index (χ3n) is 4.15. The van der Waals surface area contributed by atoms with Gasteiger partial charge in [0.05, 0.1) is 12.1 Å². The molecular formula is C20H22N2O3. The van der Waals surface area contributed by atoms with Crippen molar-refractivity contribution in [2.24, 2.45) is 0 Å². The molecule has 0 saturated heterocycles. The molecular weight excluding hydrogens is 316 g/mol. The zero-order valence-corrected chi connectivity index (χ0v) is 14.2. The van der Waals surface area contributed by atoms with Gasteiger partial charge in [-0.1, -0.05) is 36.4 Å². The molecule has 1 aliphatic rings. The number of aryl methyl sites for hydroxylation is 1. The first kappa shape index (κ1) is 17.0. The van der Waals surface area contributed by atoms with Gasteiger partial charge in [-0.15, -0.1) is 0 Å². The van der Waals surface area contributed by atoms with Crippen LogP contribution in [-0.4, -0.2) is 24.5 Å². The van der Waals surface area contributed by atoms with Gasteiger partial charge in [0.2, 0.25) is 5.91 Å². The molecule has 5 nitrogen and oxygen atoms in total. The monoisotopic (exact) mass is 338 g/mol. The molecule has 0 bridgehead atoms. The Balaban J connectivity index is 1.47. The topological polar surface area (TPSA) is 67.4 Å². The Bertz CT molecular complexity index is 759. The van der Waals surface area contributed by atoms with Gasteiger partial charge in [0, 0.05) is 6.54 Å². The molecule has 5 heteroatoms. The molecule has 2 N–H and O–H groups in total. The van der Waals surface area contributed by atoms with Crippen LogP contribution in [0.4, 0.5) is 5.69 Å². The van der Waals surface area contributed by atoms with E-state index in [0.717, 1.165) is 18.4 Å². The Labute approximate surface area is 147 Å². The fourth-order valence-electron chi connectivity index (χ4n) is 2.78. The summed E-state index contributed by atoms with van der Waals surface area (Å²) in [5.74, 6) is 0.443. The van der Waals surface area contributed by atoms with Crippen molar-refractivity contribution in [1.29, 1.82) is 0 Å². The van der Waals surface area contributed by atoms with Crippen molar-refractivity contribution in [1.82, 2.24) is 5.32 Å². The lowest BCUT2D eigenvalue weighted by Gasteiger charge is -2.23. The first-order chi connectivity index (χ1) is 12.1. The molecule has 2 amide bonds. The van der Waals surface area contributed by atoms with E-state index in [-0.39, 0.29) is 18.2 Å². The smallest absolute Gasteiger partial charge is 0.265 e. The van der Waals surface area contributed by atoms with Gasteiger partial charge in [0.1, 0.15) is 5.75 Å². The summed E-state index contributed by atoms with van der Waals surface area (Å²) in [7, 11) is 0. The maximum Gasteiger partial charge on any atom is 0.265 e. The van der Waals surface area contributed by atoms with E-state index < -0.39 is 6.10 Å². The highest BCUT2D eigenvalue weighted by Crippen LogP contribution is 2.30. The first-order valence-corrected chi connectivity index (χ1v) is 8.53. The molecule has 1 aliphatic heterocycles. The van der Waals surface area contributed by atoms with Crippen LogP contribution in [0.1, 0.15) is 24.5 Å². The van der Waals surface area contributed by atoms with Crippen LogP contribution >= 0.6 is 0 Å². The van der Waals surface area contributed by atoms with Crippen LogP contribution in [0.2, 0.25) is 0 Å². The van der Waals surface area contributed by atoms with Crippen LogP contribution in [-0.2, 0) is 22.4 Å². The van der Waals surface area contributed by atoms with Gasteiger partial charge in [-0.3, -0.25) is 9.59 Å². The van der Waals surface area contributed by atoms with Crippen molar-refractivity contribution >= 4 is 17.5 Å². The number of carbonyl (C=O) groups is 2. The largest absolute Gasteiger partial charge is 0.479 e. The molecule has 130 valence electrons. The molecule has 1 atom stereocenters. The van der Waals surface area contributed by atoms with E-state index >= 15 is 0 Å². The summed E-state index contributed by atoms with van der Waals surface area (Å²) >= 11 is 0. The van der Waals surface area contributed by atoms with Crippen molar-refractivity contribution < 1.29 is 14.3 Å². The van der Waals surface area contributed by atoms with Crippen molar-refractivity contribution in [2.45, 2.75) is 32.3 Å². The highest BCUT2D eigenvalue weighted by Gasteiger charge is 2.23. The normalized spacial score (nSPS) is 15.7. The summed E-state index contributed by atoms with van der Waals surface area (Å²) in [5.41, 5.74) is 2.74. The lowest BCUT2D eigenvalue weighted by atomic mass is 10.1. The molecule has 0 aromatic heterocycles. The number of carbonyl (C=O) groups excluding carboxylic acids is 2. The third-order valence-corrected chi connectivity index (χ3v) is 4.15. The average molecular weight is 338 g/mol. The standard InChI is InChI=1S/C20H22N2O3/c1-14-20(24)22-17-12-16(9-10-18(17)25-14)13-19(23)21-11-5-8-15-6-3-2-4-7-15/h2-4,6-7,9-10,12,14H,5,8,11,13H2,1H3,(H,21,23)(H,22,24). The molecule has 0 fully saturated rings. The van der Waals surface area contributed by atoms with Crippen LogP contribution in [0, 0.1) is 0 Å². The molecule has 1 unspecified atom stereocenters. The average Bonchev–Trinajstić information content (AvgIpc) is 2.61. The number of hydrogen-bond donors (Lipinski definition) is 2. The molecule has 25 heavy (non-hydrogen) atoms. The highest BCUT2D eigenvalue weighted by molar-refractivity contribution is 5.97. The second kappa shape index (κ2) is 7.83. The maximum atomic E-state index is 12.1. The highest BCUT2D eigenvalue weighted by atomic mass is 16.5. The van der Waals surface area contributed by atoms with Gasteiger partial charge < -0.3 is 15.4 Å². The van der Waals surface area contributed by atoms with E-state index in [4.69, 9.17) is 4.74 Å². The molecule has 1 heterocycles. The van der Waals surface area contributed by atoms with Crippen LogP contribution in [0.25, 0.3) is 0 Å².